The summed E-state index contributed by atoms with van der Waals surface area (Å²) in [6.45, 7) is 4.57. The summed E-state index contributed by atoms with van der Waals surface area (Å²) in [6.07, 6.45) is 3.43. The van der Waals surface area contributed by atoms with Gasteiger partial charge < -0.3 is 15.5 Å². The predicted molar refractivity (Wildman–Crippen MR) is 80.6 cm³/mol. The van der Waals surface area contributed by atoms with Crippen LogP contribution in [-0.2, 0) is 4.79 Å². The molecule has 1 saturated heterocycles. The summed E-state index contributed by atoms with van der Waals surface area (Å²) >= 11 is 2.03. The third-order valence-corrected chi connectivity index (χ3v) is 4.83. The van der Waals surface area contributed by atoms with Crippen LogP contribution >= 0.6 is 11.8 Å². The number of thioether (sulfide) groups is 1. The standard InChI is InChI=1S/C13H24N4OS/c1-3-11-9-17(6-7-19-11)13(14-2)15-8-12(18)16-10-4-5-10/h10-11H,3-9H2,1-2H3,(H,14,15)(H,16,18). The molecular weight excluding hydrogens is 260 g/mol. The number of carbonyl (C=O) groups excluding carboxylic acids is 1. The highest BCUT2D eigenvalue weighted by molar-refractivity contribution is 8.00. The van der Waals surface area contributed by atoms with Crippen molar-refractivity contribution in [3.05, 3.63) is 0 Å². The van der Waals surface area contributed by atoms with E-state index in [4.69, 9.17) is 0 Å². The van der Waals surface area contributed by atoms with Gasteiger partial charge in [0.2, 0.25) is 5.91 Å². The molecule has 2 aliphatic rings. The van der Waals surface area contributed by atoms with Crippen molar-refractivity contribution in [1.29, 1.82) is 0 Å². The molecule has 0 aromatic carbocycles. The number of nitrogens with zero attached hydrogens (tertiary/aromatic N) is 2. The number of rotatable bonds is 4. The molecule has 1 aliphatic heterocycles. The van der Waals surface area contributed by atoms with Crippen LogP contribution in [0.3, 0.4) is 0 Å². The van der Waals surface area contributed by atoms with Gasteiger partial charge in [-0.1, -0.05) is 6.92 Å². The summed E-state index contributed by atoms with van der Waals surface area (Å²) < 4.78 is 0. The minimum absolute atomic E-state index is 0.0714. The van der Waals surface area contributed by atoms with Crippen molar-refractivity contribution in [3.63, 3.8) is 0 Å². The van der Waals surface area contributed by atoms with E-state index in [2.05, 4.69) is 27.4 Å². The largest absolute Gasteiger partial charge is 0.352 e. The van der Waals surface area contributed by atoms with Crippen molar-refractivity contribution >= 4 is 23.6 Å². The Morgan fingerprint density at radius 2 is 2.26 bits per heavy atom. The van der Waals surface area contributed by atoms with Crippen LogP contribution in [0.2, 0.25) is 0 Å². The van der Waals surface area contributed by atoms with E-state index in [0.717, 1.165) is 37.6 Å². The second-order valence-corrected chi connectivity index (χ2v) is 6.50. The Labute approximate surface area is 119 Å². The first-order chi connectivity index (χ1) is 9.22. The molecule has 0 radical (unpaired) electrons. The van der Waals surface area contributed by atoms with Gasteiger partial charge in [-0.05, 0) is 19.3 Å². The molecule has 0 spiro atoms. The highest BCUT2D eigenvalue weighted by Crippen LogP contribution is 2.21. The number of aliphatic imine (C=N–C) groups is 1. The lowest BCUT2D eigenvalue weighted by molar-refractivity contribution is -0.120. The van der Waals surface area contributed by atoms with E-state index in [1.54, 1.807) is 7.05 Å². The number of hydrogen-bond acceptors (Lipinski definition) is 3. The summed E-state index contributed by atoms with van der Waals surface area (Å²) in [6, 6.07) is 0.423. The van der Waals surface area contributed by atoms with Gasteiger partial charge in [0.05, 0.1) is 6.54 Å². The van der Waals surface area contributed by atoms with E-state index >= 15 is 0 Å². The van der Waals surface area contributed by atoms with Gasteiger partial charge in [0.15, 0.2) is 5.96 Å². The lowest BCUT2D eigenvalue weighted by Crippen LogP contribution is -2.50. The highest BCUT2D eigenvalue weighted by atomic mass is 32.2. The maximum Gasteiger partial charge on any atom is 0.239 e. The first-order valence-electron chi connectivity index (χ1n) is 7.09. The molecule has 1 atom stereocenters. The Morgan fingerprint density at radius 1 is 1.47 bits per heavy atom. The van der Waals surface area contributed by atoms with Crippen molar-refractivity contribution in [1.82, 2.24) is 15.5 Å². The van der Waals surface area contributed by atoms with Crippen molar-refractivity contribution < 1.29 is 4.79 Å². The van der Waals surface area contributed by atoms with Crippen LogP contribution in [0.15, 0.2) is 4.99 Å². The second kappa shape index (κ2) is 7.03. The number of carbonyl (C=O) groups is 1. The quantitative estimate of drug-likeness (QED) is 0.588. The minimum atomic E-state index is 0.0714. The molecule has 1 unspecified atom stereocenters. The molecule has 6 heteroatoms. The summed E-state index contributed by atoms with van der Waals surface area (Å²) in [4.78, 5) is 18.2. The van der Waals surface area contributed by atoms with Crippen molar-refractivity contribution in [2.24, 2.45) is 4.99 Å². The molecule has 108 valence electrons. The van der Waals surface area contributed by atoms with Crippen LogP contribution in [0.25, 0.3) is 0 Å². The average Bonchev–Trinajstić information content (AvgIpc) is 3.23. The summed E-state index contributed by atoms with van der Waals surface area (Å²) in [5.41, 5.74) is 0. The molecule has 19 heavy (non-hydrogen) atoms. The van der Waals surface area contributed by atoms with Gasteiger partial charge in [-0.3, -0.25) is 9.79 Å². The van der Waals surface area contributed by atoms with Gasteiger partial charge in [-0.15, -0.1) is 0 Å². The molecule has 1 heterocycles. The first-order valence-corrected chi connectivity index (χ1v) is 8.14. The maximum atomic E-state index is 11.7. The van der Waals surface area contributed by atoms with Crippen molar-refractivity contribution in [3.8, 4) is 0 Å². The van der Waals surface area contributed by atoms with Gasteiger partial charge >= 0.3 is 0 Å². The predicted octanol–water partition coefficient (Wildman–Crippen LogP) is 0.668. The summed E-state index contributed by atoms with van der Waals surface area (Å²) in [5.74, 6) is 2.06. The fourth-order valence-corrected chi connectivity index (χ4v) is 3.34. The molecule has 1 aliphatic carbocycles. The maximum absolute atomic E-state index is 11.7. The minimum Gasteiger partial charge on any atom is -0.352 e. The van der Waals surface area contributed by atoms with E-state index < -0.39 is 0 Å². The average molecular weight is 284 g/mol. The topological polar surface area (TPSA) is 56.7 Å². The molecule has 2 N–H and O–H groups in total. The molecule has 2 rings (SSSR count). The van der Waals surface area contributed by atoms with Gasteiger partial charge in [-0.25, -0.2) is 0 Å². The Balaban J connectivity index is 1.76. The summed E-state index contributed by atoms with van der Waals surface area (Å²) in [7, 11) is 1.78. The van der Waals surface area contributed by atoms with Gasteiger partial charge in [0.25, 0.3) is 0 Å². The fraction of sp³-hybridized carbons (Fsp3) is 0.846. The van der Waals surface area contributed by atoms with E-state index in [-0.39, 0.29) is 5.91 Å². The van der Waals surface area contributed by atoms with E-state index in [0.29, 0.717) is 17.8 Å². The van der Waals surface area contributed by atoms with Gasteiger partial charge in [-0.2, -0.15) is 11.8 Å². The van der Waals surface area contributed by atoms with Crippen LogP contribution in [0.5, 0.6) is 0 Å². The lowest BCUT2D eigenvalue weighted by Gasteiger charge is -2.34. The molecule has 1 amide bonds. The van der Waals surface area contributed by atoms with Gasteiger partial charge in [0.1, 0.15) is 0 Å². The van der Waals surface area contributed by atoms with Crippen LogP contribution in [0.4, 0.5) is 0 Å². The van der Waals surface area contributed by atoms with Crippen LogP contribution < -0.4 is 10.6 Å². The fourth-order valence-electron chi connectivity index (χ4n) is 2.16. The highest BCUT2D eigenvalue weighted by Gasteiger charge is 2.24. The first kappa shape index (κ1) is 14.5. The van der Waals surface area contributed by atoms with Crippen LogP contribution in [0.1, 0.15) is 26.2 Å². The zero-order chi connectivity index (χ0) is 13.7. The lowest BCUT2D eigenvalue weighted by atomic mass is 10.3. The molecule has 0 aromatic rings. The SMILES string of the molecule is CCC1CN(C(=NC)NCC(=O)NC2CC2)CCS1. The third kappa shape index (κ3) is 4.60. The monoisotopic (exact) mass is 284 g/mol. The van der Waals surface area contributed by atoms with Crippen molar-refractivity contribution in [2.45, 2.75) is 37.5 Å². The Bertz CT molecular complexity index is 344. The number of amides is 1. The molecule has 1 saturated carbocycles. The normalized spacial score (nSPS) is 24.2. The molecule has 0 bridgehead atoms. The number of hydrogen-bond donors (Lipinski definition) is 2. The Kier molecular flexibility index (Phi) is 5.36. The van der Waals surface area contributed by atoms with Crippen LogP contribution in [-0.4, -0.2) is 60.5 Å². The Morgan fingerprint density at radius 3 is 2.89 bits per heavy atom. The molecule has 2 fully saturated rings. The molecule has 0 aromatic heterocycles. The van der Waals surface area contributed by atoms with E-state index in [9.17, 15) is 4.79 Å². The number of guanidine groups is 1. The van der Waals surface area contributed by atoms with Crippen LogP contribution in [0, 0.1) is 0 Å². The molecule has 5 nitrogen and oxygen atoms in total. The Hall–Kier alpha value is -0.910. The molecular formula is C13H24N4OS. The smallest absolute Gasteiger partial charge is 0.239 e. The van der Waals surface area contributed by atoms with E-state index in [1.165, 1.54) is 6.42 Å². The third-order valence-electron chi connectivity index (χ3n) is 3.45. The zero-order valence-corrected chi connectivity index (χ0v) is 12.6. The zero-order valence-electron chi connectivity index (χ0n) is 11.8. The van der Waals surface area contributed by atoms with E-state index in [1.807, 2.05) is 11.8 Å². The second-order valence-electron chi connectivity index (χ2n) is 5.09. The summed E-state index contributed by atoms with van der Waals surface area (Å²) in [5, 5.41) is 6.82. The van der Waals surface area contributed by atoms with Crippen molar-refractivity contribution in [2.75, 3.05) is 32.4 Å². The van der Waals surface area contributed by atoms with Gasteiger partial charge in [0, 0.05) is 37.2 Å². The number of nitrogens with one attached hydrogen (secondary N) is 2.